The van der Waals surface area contributed by atoms with Crippen LogP contribution in [0.25, 0.3) is 16.5 Å². The number of nitrogens with zero attached hydrogens (tertiary/aromatic N) is 4. The van der Waals surface area contributed by atoms with E-state index in [1.807, 2.05) is 29.8 Å². The van der Waals surface area contributed by atoms with Gasteiger partial charge in [0.25, 0.3) is 11.9 Å². The maximum Gasteiger partial charge on any atom is 0.254 e. The lowest BCUT2D eigenvalue weighted by atomic mass is 10.2. The van der Waals surface area contributed by atoms with Crippen molar-refractivity contribution in [2.75, 3.05) is 25.7 Å². The summed E-state index contributed by atoms with van der Waals surface area (Å²) in [6.07, 6.45) is 6.21. The summed E-state index contributed by atoms with van der Waals surface area (Å²) in [5, 5.41) is 9.27. The second-order valence-electron chi connectivity index (χ2n) is 5.67. The molecule has 3 aromatic heterocycles. The van der Waals surface area contributed by atoms with Crippen LogP contribution in [0.3, 0.4) is 0 Å². The molecule has 0 aliphatic carbocycles. The molecular weight excluding hydrogens is 382 g/mol. The van der Waals surface area contributed by atoms with Crippen LogP contribution in [-0.2, 0) is 11.3 Å². The minimum atomic E-state index is -0.163. The van der Waals surface area contributed by atoms with Gasteiger partial charge in [0.15, 0.2) is 0 Å². The first kappa shape index (κ1) is 19.5. The number of amides is 1. The van der Waals surface area contributed by atoms with Gasteiger partial charge in [-0.15, -0.1) is 11.3 Å². The van der Waals surface area contributed by atoms with E-state index in [-0.39, 0.29) is 12.5 Å². The number of rotatable bonds is 9. The van der Waals surface area contributed by atoms with Crippen molar-refractivity contribution in [1.82, 2.24) is 25.1 Å². The average Bonchev–Trinajstić information content (AvgIpc) is 3.36. The lowest BCUT2D eigenvalue weighted by Crippen LogP contribution is -2.26. The third-order valence-corrected chi connectivity index (χ3v) is 5.40. The van der Waals surface area contributed by atoms with Crippen LogP contribution in [0.15, 0.2) is 36.0 Å². The molecule has 0 unspecified atom stereocenters. The normalized spacial score (nSPS) is 10.9. The summed E-state index contributed by atoms with van der Waals surface area (Å²) in [7, 11) is 1.58. The molecule has 0 bridgehead atoms. The zero-order valence-corrected chi connectivity index (χ0v) is 16.8. The molecule has 0 saturated heterocycles. The Morgan fingerprint density at radius 2 is 2.30 bits per heavy atom. The van der Waals surface area contributed by atoms with E-state index in [1.54, 1.807) is 47.3 Å². The van der Waals surface area contributed by atoms with Gasteiger partial charge in [-0.1, -0.05) is 6.07 Å². The lowest BCUT2D eigenvalue weighted by Gasteiger charge is -2.09. The number of hydrogen-bond acceptors (Lipinski definition) is 7. The fourth-order valence-electron chi connectivity index (χ4n) is 2.54. The number of ether oxygens (including phenoxy) is 1. The smallest absolute Gasteiger partial charge is 0.254 e. The molecule has 0 atom stereocenters. The number of aromatic nitrogens is 4. The van der Waals surface area contributed by atoms with Crippen molar-refractivity contribution in [2.24, 2.45) is 0 Å². The van der Waals surface area contributed by atoms with Gasteiger partial charge in [0.1, 0.15) is 0 Å². The van der Waals surface area contributed by atoms with Gasteiger partial charge in [0.2, 0.25) is 0 Å². The summed E-state index contributed by atoms with van der Waals surface area (Å²) in [5.74, 6) is 1.26. The number of thioether (sulfide) groups is 1. The topological polar surface area (TPSA) is 81.9 Å². The molecule has 3 heterocycles. The van der Waals surface area contributed by atoms with Crippen molar-refractivity contribution in [3.05, 3.63) is 47.2 Å². The van der Waals surface area contributed by atoms with Crippen molar-refractivity contribution in [2.45, 2.75) is 13.0 Å². The highest BCUT2D eigenvalue weighted by Crippen LogP contribution is 2.23. The number of carbonyl (C=O) groups excluding carboxylic acids is 1. The predicted molar refractivity (Wildman–Crippen MR) is 109 cm³/mol. The molecule has 142 valence electrons. The Hall–Kier alpha value is -2.23. The molecule has 27 heavy (non-hydrogen) atoms. The molecular formula is C18H21N5O2S2. The van der Waals surface area contributed by atoms with Crippen molar-refractivity contribution in [1.29, 1.82) is 0 Å². The number of nitrogens with one attached hydrogen (secondary N) is 1. The van der Waals surface area contributed by atoms with Crippen LogP contribution in [0.4, 0.5) is 0 Å². The van der Waals surface area contributed by atoms with E-state index in [4.69, 9.17) is 4.74 Å². The lowest BCUT2D eigenvalue weighted by molar-refractivity contribution is 0.0948. The van der Waals surface area contributed by atoms with Crippen LogP contribution in [-0.4, -0.2) is 51.3 Å². The van der Waals surface area contributed by atoms with E-state index < -0.39 is 0 Å². The summed E-state index contributed by atoms with van der Waals surface area (Å²) >= 11 is 3.37. The molecule has 0 spiro atoms. The fourth-order valence-corrected chi connectivity index (χ4v) is 3.67. The Kier molecular flexibility index (Phi) is 6.97. The Morgan fingerprint density at radius 1 is 1.41 bits per heavy atom. The second kappa shape index (κ2) is 9.63. The summed E-state index contributed by atoms with van der Waals surface area (Å²) in [6.45, 7) is 0.863. The van der Waals surface area contributed by atoms with E-state index in [1.165, 1.54) is 0 Å². The molecule has 0 fully saturated rings. The fraction of sp³-hybridized carbons (Fsp3) is 0.333. The maximum atomic E-state index is 12.5. The molecule has 0 aliphatic heterocycles. The quantitative estimate of drug-likeness (QED) is 0.553. The molecule has 7 nitrogen and oxygen atoms in total. The van der Waals surface area contributed by atoms with Crippen molar-refractivity contribution >= 4 is 29.0 Å². The van der Waals surface area contributed by atoms with Gasteiger partial charge in [-0.25, -0.2) is 9.97 Å². The average molecular weight is 404 g/mol. The van der Waals surface area contributed by atoms with Crippen LogP contribution in [0, 0.1) is 0 Å². The van der Waals surface area contributed by atoms with Gasteiger partial charge >= 0.3 is 0 Å². The monoisotopic (exact) mass is 403 g/mol. The van der Waals surface area contributed by atoms with Gasteiger partial charge in [0.05, 0.1) is 34.6 Å². The molecule has 3 rings (SSSR count). The van der Waals surface area contributed by atoms with E-state index >= 15 is 0 Å². The molecule has 0 saturated carbocycles. The molecule has 0 aromatic carbocycles. The Balaban J connectivity index is 1.87. The minimum Gasteiger partial charge on any atom is -0.378 e. The van der Waals surface area contributed by atoms with Crippen LogP contribution in [0.1, 0.15) is 22.5 Å². The maximum absolute atomic E-state index is 12.5. The summed E-state index contributed by atoms with van der Waals surface area (Å²) in [6, 6.07) is 5.84. The highest BCUT2D eigenvalue weighted by molar-refractivity contribution is 7.98. The van der Waals surface area contributed by atoms with E-state index in [2.05, 4.69) is 20.4 Å². The van der Waals surface area contributed by atoms with Crippen molar-refractivity contribution in [3.8, 4) is 16.5 Å². The Bertz CT molecular complexity index is 880. The van der Waals surface area contributed by atoms with E-state index in [0.717, 1.165) is 22.7 Å². The number of carbonyl (C=O) groups is 1. The van der Waals surface area contributed by atoms with Crippen LogP contribution in [0.2, 0.25) is 0 Å². The standard InChI is InChI=1S/C18H21N5O2S2/c1-25-12-15-13(17(24)19-7-4-9-26-2)11-21-23(15)18-20-8-6-14(22-18)16-5-3-10-27-16/h3,5-6,8,10-11H,4,7,9,12H2,1-2H3,(H,19,24). The summed E-state index contributed by atoms with van der Waals surface area (Å²) < 4.78 is 6.85. The summed E-state index contributed by atoms with van der Waals surface area (Å²) in [4.78, 5) is 22.5. The largest absolute Gasteiger partial charge is 0.378 e. The van der Waals surface area contributed by atoms with Gasteiger partial charge in [-0.05, 0) is 35.9 Å². The summed E-state index contributed by atoms with van der Waals surface area (Å²) in [5.41, 5.74) is 1.92. The first-order valence-electron chi connectivity index (χ1n) is 8.45. The number of methoxy groups -OCH3 is 1. The molecule has 9 heteroatoms. The SMILES string of the molecule is COCc1c(C(=O)NCCCSC)cnn1-c1nccc(-c2cccs2)n1. The van der Waals surface area contributed by atoms with Gasteiger partial charge < -0.3 is 10.1 Å². The Labute approximate surface area is 166 Å². The number of hydrogen-bond donors (Lipinski definition) is 1. The van der Waals surface area contributed by atoms with Crippen LogP contribution >= 0.6 is 23.1 Å². The first-order chi connectivity index (χ1) is 13.2. The number of thiophene rings is 1. The zero-order chi connectivity index (χ0) is 19.1. The van der Waals surface area contributed by atoms with E-state index in [0.29, 0.717) is 23.8 Å². The predicted octanol–water partition coefficient (Wildman–Crippen LogP) is 3.02. The zero-order valence-electron chi connectivity index (χ0n) is 15.2. The highest BCUT2D eigenvalue weighted by atomic mass is 32.2. The van der Waals surface area contributed by atoms with Gasteiger partial charge in [0, 0.05) is 19.9 Å². The molecule has 3 aromatic rings. The third kappa shape index (κ3) is 4.74. The van der Waals surface area contributed by atoms with Crippen LogP contribution < -0.4 is 5.32 Å². The van der Waals surface area contributed by atoms with Crippen molar-refractivity contribution < 1.29 is 9.53 Å². The Morgan fingerprint density at radius 3 is 3.04 bits per heavy atom. The molecule has 1 amide bonds. The van der Waals surface area contributed by atoms with Crippen LogP contribution in [0.5, 0.6) is 0 Å². The molecule has 1 N–H and O–H groups in total. The second-order valence-corrected chi connectivity index (χ2v) is 7.60. The third-order valence-electron chi connectivity index (χ3n) is 3.81. The first-order valence-corrected chi connectivity index (χ1v) is 10.7. The molecule has 0 radical (unpaired) electrons. The molecule has 0 aliphatic rings. The van der Waals surface area contributed by atoms with E-state index in [9.17, 15) is 4.79 Å². The van der Waals surface area contributed by atoms with Gasteiger partial charge in [-0.3, -0.25) is 4.79 Å². The highest BCUT2D eigenvalue weighted by Gasteiger charge is 2.19. The van der Waals surface area contributed by atoms with Gasteiger partial charge in [-0.2, -0.15) is 21.5 Å². The minimum absolute atomic E-state index is 0.163. The van der Waals surface area contributed by atoms with Crippen molar-refractivity contribution in [3.63, 3.8) is 0 Å².